The van der Waals surface area contributed by atoms with E-state index in [9.17, 15) is 26.4 Å². The number of carbonyl (C=O) groups excluding carboxylic acids is 1. The number of nitrogens with zero attached hydrogens (tertiary/aromatic N) is 3. The van der Waals surface area contributed by atoms with E-state index >= 15 is 0 Å². The molecule has 0 saturated heterocycles. The monoisotopic (exact) mass is 646 g/mol. The molecule has 0 radical (unpaired) electrons. The minimum atomic E-state index is -4.42. The van der Waals surface area contributed by atoms with Crippen molar-refractivity contribution in [1.29, 1.82) is 0 Å². The molecule has 0 spiro atoms. The van der Waals surface area contributed by atoms with Gasteiger partial charge in [0, 0.05) is 26.4 Å². The van der Waals surface area contributed by atoms with Crippen LogP contribution < -0.4 is 5.32 Å². The summed E-state index contributed by atoms with van der Waals surface area (Å²) < 4.78 is 66.1. The van der Waals surface area contributed by atoms with Crippen LogP contribution in [-0.4, -0.2) is 48.6 Å². The number of likely N-dealkylation sites (N-methyl/N-ethyl adjacent to an activating group) is 1. The van der Waals surface area contributed by atoms with Crippen LogP contribution in [-0.2, 0) is 33.8 Å². The van der Waals surface area contributed by atoms with Gasteiger partial charge >= 0.3 is 6.18 Å². The summed E-state index contributed by atoms with van der Waals surface area (Å²) in [5.41, 5.74) is 1.46. The molecule has 0 saturated carbocycles. The number of imidazole rings is 1. The zero-order chi connectivity index (χ0) is 27.0. The minimum Gasteiger partial charge on any atom is -0.358 e. The Morgan fingerprint density at radius 1 is 1.14 bits per heavy atom. The molecule has 7 nitrogen and oxygen atoms in total. The van der Waals surface area contributed by atoms with Gasteiger partial charge in [-0.15, -0.1) is 0 Å². The first-order chi connectivity index (χ1) is 17.4. The molecule has 0 bridgehead atoms. The number of rotatable bonds is 7. The molecule has 12 heteroatoms. The first-order valence-corrected chi connectivity index (χ1v) is 14.5. The lowest BCUT2D eigenvalue weighted by molar-refractivity contribution is -0.137. The van der Waals surface area contributed by atoms with Crippen molar-refractivity contribution in [1.82, 2.24) is 19.8 Å². The van der Waals surface area contributed by atoms with Crippen LogP contribution in [0.3, 0.4) is 0 Å². The van der Waals surface area contributed by atoms with Crippen molar-refractivity contribution < 1.29 is 26.4 Å². The zero-order valence-electron chi connectivity index (χ0n) is 20.2. The van der Waals surface area contributed by atoms with Gasteiger partial charge in [0.05, 0.1) is 17.3 Å². The van der Waals surface area contributed by atoms with Gasteiger partial charge in [-0.25, -0.2) is 13.4 Å². The van der Waals surface area contributed by atoms with Crippen LogP contribution in [0.5, 0.6) is 0 Å². The molecule has 2 atom stereocenters. The molecule has 0 aliphatic carbocycles. The molecule has 37 heavy (non-hydrogen) atoms. The van der Waals surface area contributed by atoms with Crippen LogP contribution >= 0.6 is 22.6 Å². The Kier molecular flexibility index (Phi) is 8.00. The highest BCUT2D eigenvalue weighted by Gasteiger charge is 2.40. The number of hydrogen-bond acceptors (Lipinski definition) is 5. The number of fused-ring (bicyclic) bond motifs is 1. The summed E-state index contributed by atoms with van der Waals surface area (Å²) in [5, 5.41) is 2.71. The number of aromatic nitrogens is 2. The normalized spacial score (nSPS) is 17.3. The van der Waals surface area contributed by atoms with Crippen LogP contribution in [0.1, 0.15) is 40.9 Å². The van der Waals surface area contributed by atoms with Gasteiger partial charge in [-0.2, -0.15) is 13.2 Å². The molecule has 1 unspecified atom stereocenters. The SMILES string of the molecule is CNC(=O)[C@@H](c1ccccc1)N1CCn2c(S(C)(=O)=O)nc(I)c2C1CCc1ccc(C(F)(F)F)cc1. The largest absolute Gasteiger partial charge is 0.416 e. The van der Waals surface area contributed by atoms with E-state index < -0.39 is 33.7 Å². The first kappa shape index (κ1) is 27.6. The highest BCUT2D eigenvalue weighted by molar-refractivity contribution is 14.1. The van der Waals surface area contributed by atoms with E-state index in [-0.39, 0.29) is 11.1 Å². The molecule has 198 valence electrons. The highest BCUT2D eigenvalue weighted by atomic mass is 127. The van der Waals surface area contributed by atoms with Crippen LogP contribution in [0, 0.1) is 3.70 Å². The summed E-state index contributed by atoms with van der Waals surface area (Å²) in [5.74, 6) is -0.211. The fraction of sp³-hybridized carbons (Fsp3) is 0.360. The van der Waals surface area contributed by atoms with Crippen molar-refractivity contribution in [2.24, 2.45) is 0 Å². The minimum absolute atomic E-state index is 0.0257. The Hall–Kier alpha value is -2.45. The number of carbonyl (C=O) groups is 1. The summed E-state index contributed by atoms with van der Waals surface area (Å²) in [7, 11) is -2.04. The van der Waals surface area contributed by atoms with Crippen LogP contribution in [0.15, 0.2) is 59.8 Å². The first-order valence-electron chi connectivity index (χ1n) is 11.6. The third kappa shape index (κ3) is 5.85. The molecule has 1 amide bonds. The van der Waals surface area contributed by atoms with Crippen LogP contribution in [0.2, 0.25) is 0 Å². The average Bonchev–Trinajstić information content (AvgIpc) is 3.21. The molecule has 2 heterocycles. The number of benzene rings is 2. The number of sulfone groups is 1. The van der Waals surface area contributed by atoms with E-state index in [0.29, 0.717) is 40.9 Å². The van der Waals surface area contributed by atoms with E-state index in [2.05, 4.69) is 10.3 Å². The standard InChI is InChI=1S/C25H26F3IN4O3S/c1-30-23(34)20(17-6-4-3-5-7-17)32-14-15-33-21(22(29)31-24(33)37(2,35)36)19(32)13-10-16-8-11-18(12-9-16)25(26,27)28/h3-9,11-12,19-20H,10,13-15H2,1-2H3,(H,30,34)/t19?,20-/m1/s1. The third-order valence-electron chi connectivity index (χ3n) is 6.49. The second-order valence-corrected chi connectivity index (χ2v) is 11.8. The lowest BCUT2D eigenvalue weighted by atomic mass is 9.95. The molecule has 0 fully saturated rings. The average molecular weight is 646 g/mol. The fourth-order valence-corrected chi connectivity index (χ4v) is 6.69. The molecule has 1 N–H and O–H groups in total. The van der Waals surface area contributed by atoms with E-state index in [1.807, 2.05) is 57.8 Å². The van der Waals surface area contributed by atoms with Crippen molar-refractivity contribution >= 4 is 38.3 Å². The Bertz CT molecular complexity index is 1380. The Balaban J connectivity index is 1.76. The number of hydrogen-bond donors (Lipinski definition) is 1. The van der Waals surface area contributed by atoms with Crippen molar-refractivity contribution in [3.05, 3.63) is 80.7 Å². The lowest BCUT2D eigenvalue weighted by Crippen LogP contribution is -2.46. The summed E-state index contributed by atoms with van der Waals surface area (Å²) in [6, 6.07) is 13.3. The second kappa shape index (κ2) is 10.7. The molecule has 1 aromatic heterocycles. The highest BCUT2D eigenvalue weighted by Crippen LogP contribution is 2.40. The number of nitrogens with one attached hydrogen (secondary N) is 1. The van der Waals surface area contributed by atoms with Gasteiger partial charge in [-0.1, -0.05) is 42.5 Å². The van der Waals surface area contributed by atoms with E-state index in [1.165, 1.54) is 12.1 Å². The molecular weight excluding hydrogens is 620 g/mol. The second-order valence-electron chi connectivity index (χ2n) is 8.91. The molecule has 2 aromatic carbocycles. The fourth-order valence-electron chi connectivity index (χ4n) is 4.80. The summed E-state index contributed by atoms with van der Waals surface area (Å²) in [6.07, 6.45) is -2.44. The number of aryl methyl sites for hydroxylation is 1. The van der Waals surface area contributed by atoms with Crippen molar-refractivity contribution in [3.63, 3.8) is 0 Å². The quantitative estimate of drug-likeness (QED) is 0.386. The van der Waals surface area contributed by atoms with Gasteiger partial charge in [0.2, 0.25) is 20.9 Å². The number of alkyl halides is 3. The zero-order valence-corrected chi connectivity index (χ0v) is 23.1. The van der Waals surface area contributed by atoms with Gasteiger partial charge in [-0.3, -0.25) is 9.69 Å². The third-order valence-corrected chi connectivity index (χ3v) is 8.25. The molecule has 4 rings (SSSR count). The van der Waals surface area contributed by atoms with E-state index in [4.69, 9.17) is 0 Å². The van der Waals surface area contributed by atoms with Gasteiger partial charge in [0.25, 0.3) is 0 Å². The molecular formula is C25H26F3IN4O3S. The Morgan fingerprint density at radius 2 is 1.78 bits per heavy atom. The summed E-state index contributed by atoms with van der Waals surface area (Å²) in [4.78, 5) is 19.5. The Morgan fingerprint density at radius 3 is 2.35 bits per heavy atom. The molecule has 3 aromatic rings. The topological polar surface area (TPSA) is 84.3 Å². The number of halogens is 4. The van der Waals surface area contributed by atoms with Gasteiger partial charge in [-0.05, 0) is 58.7 Å². The maximum atomic E-state index is 13.1. The van der Waals surface area contributed by atoms with Crippen molar-refractivity contribution in [3.8, 4) is 0 Å². The molecule has 1 aliphatic rings. The summed E-state index contributed by atoms with van der Waals surface area (Å²) in [6.45, 7) is 0.706. The van der Waals surface area contributed by atoms with Gasteiger partial charge in [0.15, 0.2) is 0 Å². The maximum Gasteiger partial charge on any atom is 0.416 e. The van der Waals surface area contributed by atoms with Crippen molar-refractivity contribution in [2.75, 3.05) is 19.8 Å². The predicted molar refractivity (Wildman–Crippen MR) is 141 cm³/mol. The van der Waals surface area contributed by atoms with Crippen molar-refractivity contribution in [2.45, 2.75) is 42.8 Å². The smallest absolute Gasteiger partial charge is 0.358 e. The van der Waals surface area contributed by atoms with Crippen LogP contribution in [0.25, 0.3) is 0 Å². The maximum absolute atomic E-state index is 13.1. The van der Waals surface area contributed by atoms with E-state index in [1.54, 1.807) is 11.6 Å². The predicted octanol–water partition coefficient (Wildman–Crippen LogP) is 4.39. The van der Waals surface area contributed by atoms with Gasteiger partial charge < -0.3 is 9.88 Å². The molecule has 1 aliphatic heterocycles. The Labute approximate surface area is 227 Å². The lowest BCUT2D eigenvalue weighted by Gasteiger charge is -2.41. The van der Waals surface area contributed by atoms with Gasteiger partial charge in [0.1, 0.15) is 9.74 Å². The van der Waals surface area contributed by atoms with Crippen LogP contribution in [0.4, 0.5) is 13.2 Å². The number of amides is 1. The van der Waals surface area contributed by atoms with E-state index in [0.717, 1.165) is 24.0 Å². The summed E-state index contributed by atoms with van der Waals surface area (Å²) >= 11 is 2.01.